The zero-order valence-electron chi connectivity index (χ0n) is 15.4. The van der Waals surface area contributed by atoms with E-state index >= 15 is 0 Å². The molecule has 0 aromatic rings. The summed E-state index contributed by atoms with van der Waals surface area (Å²) in [5.41, 5.74) is 0. The number of rotatable bonds is 15. The molecule has 0 aliphatic carbocycles. The van der Waals surface area contributed by atoms with Gasteiger partial charge < -0.3 is 4.90 Å². The van der Waals surface area contributed by atoms with Gasteiger partial charge in [-0.1, -0.05) is 58.6 Å². The number of carbonyl (C=O) groups excluding carboxylic acids is 1. The molecule has 0 atom stereocenters. The Bertz CT molecular complexity index is 265. The zero-order chi connectivity index (χ0) is 16.5. The van der Waals surface area contributed by atoms with Crippen LogP contribution in [0.4, 0.5) is 0 Å². The van der Waals surface area contributed by atoms with Crippen molar-refractivity contribution in [3.8, 4) is 0 Å². The van der Waals surface area contributed by atoms with E-state index in [1.54, 1.807) is 0 Å². The predicted molar refractivity (Wildman–Crippen MR) is 98.1 cm³/mol. The summed E-state index contributed by atoms with van der Waals surface area (Å²) in [6, 6.07) is 0. The molecule has 0 spiro atoms. The van der Waals surface area contributed by atoms with Gasteiger partial charge in [0.15, 0.2) is 0 Å². The summed E-state index contributed by atoms with van der Waals surface area (Å²) in [6.07, 6.45) is 18.4. The van der Waals surface area contributed by atoms with Crippen molar-refractivity contribution in [2.45, 2.75) is 97.8 Å². The van der Waals surface area contributed by atoms with Gasteiger partial charge in [-0.25, -0.2) is 0 Å². The zero-order valence-corrected chi connectivity index (χ0v) is 15.4. The summed E-state index contributed by atoms with van der Waals surface area (Å²) in [4.78, 5) is 14.4. The lowest BCUT2D eigenvalue weighted by molar-refractivity contribution is -0.131. The molecule has 2 nitrogen and oxygen atoms in total. The lowest BCUT2D eigenvalue weighted by Gasteiger charge is -2.22. The fraction of sp³-hybridized carbons (Fsp3) is 0.850. The van der Waals surface area contributed by atoms with E-state index < -0.39 is 0 Å². The van der Waals surface area contributed by atoms with Crippen LogP contribution in [0.1, 0.15) is 97.8 Å². The molecule has 0 N–H and O–H groups in total. The molecule has 0 aliphatic heterocycles. The number of allylic oxidation sites excluding steroid dienone is 2. The lowest BCUT2D eigenvalue weighted by atomic mass is 10.1. The monoisotopic (exact) mass is 309 g/mol. The number of carbonyl (C=O) groups is 1. The van der Waals surface area contributed by atoms with Crippen LogP contribution in [0.15, 0.2) is 12.2 Å². The maximum absolute atomic E-state index is 12.3. The fourth-order valence-corrected chi connectivity index (χ4v) is 2.50. The van der Waals surface area contributed by atoms with Crippen LogP contribution >= 0.6 is 0 Å². The Hall–Kier alpha value is -0.790. The molecule has 0 heterocycles. The standard InChI is InChI=1S/C20H39NO/c1-4-7-10-11-12-13-14-15-16-17-20(22)21(18-8-5-2)19-9-6-3/h12-13H,4-11,14-19H2,1-3H3/b13-12+. The molecule has 0 saturated carbocycles. The van der Waals surface area contributed by atoms with Gasteiger partial charge in [0.05, 0.1) is 0 Å². The van der Waals surface area contributed by atoms with Crippen molar-refractivity contribution >= 4 is 5.91 Å². The fourth-order valence-electron chi connectivity index (χ4n) is 2.50. The van der Waals surface area contributed by atoms with Crippen LogP contribution in [0.5, 0.6) is 0 Å². The lowest BCUT2D eigenvalue weighted by Crippen LogP contribution is -2.32. The van der Waals surface area contributed by atoms with E-state index in [1.165, 1.54) is 38.5 Å². The van der Waals surface area contributed by atoms with Gasteiger partial charge in [-0.2, -0.15) is 0 Å². The Morgan fingerprint density at radius 3 is 1.73 bits per heavy atom. The van der Waals surface area contributed by atoms with Gasteiger partial charge in [-0.05, 0) is 44.9 Å². The van der Waals surface area contributed by atoms with E-state index in [0.29, 0.717) is 5.91 Å². The predicted octanol–water partition coefficient (Wildman–Crippen LogP) is 6.11. The normalized spacial score (nSPS) is 11.2. The van der Waals surface area contributed by atoms with Crippen molar-refractivity contribution in [2.24, 2.45) is 0 Å². The minimum atomic E-state index is 0.369. The van der Waals surface area contributed by atoms with Crippen molar-refractivity contribution in [3.05, 3.63) is 12.2 Å². The molecule has 0 aromatic carbocycles. The van der Waals surface area contributed by atoms with Crippen LogP contribution in [-0.4, -0.2) is 23.9 Å². The quantitative estimate of drug-likeness (QED) is 0.264. The Morgan fingerprint density at radius 2 is 1.23 bits per heavy atom. The third kappa shape index (κ3) is 12.9. The molecule has 0 bridgehead atoms. The molecule has 22 heavy (non-hydrogen) atoms. The highest BCUT2D eigenvalue weighted by Gasteiger charge is 2.11. The molecule has 0 radical (unpaired) electrons. The summed E-state index contributed by atoms with van der Waals surface area (Å²) in [7, 11) is 0. The van der Waals surface area contributed by atoms with E-state index in [1.807, 2.05) is 0 Å². The molecule has 0 fully saturated rings. The van der Waals surface area contributed by atoms with Crippen LogP contribution in [0.2, 0.25) is 0 Å². The van der Waals surface area contributed by atoms with Gasteiger partial charge in [0, 0.05) is 19.5 Å². The molecule has 0 saturated heterocycles. The van der Waals surface area contributed by atoms with Crippen molar-refractivity contribution in [1.82, 2.24) is 4.90 Å². The summed E-state index contributed by atoms with van der Waals surface area (Å²) >= 11 is 0. The first-order valence-electron chi connectivity index (χ1n) is 9.68. The maximum Gasteiger partial charge on any atom is 0.222 e. The largest absolute Gasteiger partial charge is 0.343 e. The van der Waals surface area contributed by atoms with E-state index in [9.17, 15) is 4.79 Å². The highest BCUT2D eigenvalue weighted by molar-refractivity contribution is 5.76. The Labute approximate surface area is 139 Å². The van der Waals surface area contributed by atoms with Crippen molar-refractivity contribution in [2.75, 3.05) is 13.1 Å². The first-order valence-corrected chi connectivity index (χ1v) is 9.68. The van der Waals surface area contributed by atoms with E-state index in [-0.39, 0.29) is 0 Å². The molecule has 0 unspecified atom stereocenters. The number of hydrogen-bond donors (Lipinski definition) is 0. The third-order valence-electron chi connectivity index (χ3n) is 4.07. The molecule has 130 valence electrons. The molecule has 0 rings (SSSR count). The van der Waals surface area contributed by atoms with Gasteiger partial charge in [-0.15, -0.1) is 0 Å². The maximum atomic E-state index is 12.3. The van der Waals surface area contributed by atoms with Crippen molar-refractivity contribution in [3.63, 3.8) is 0 Å². The average molecular weight is 310 g/mol. The van der Waals surface area contributed by atoms with E-state index in [2.05, 4.69) is 37.8 Å². The van der Waals surface area contributed by atoms with E-state index in [4.69, 9.17) is 0 Å². The smallest absolute Gasteiger partial charge is 0.222 e. The molecule has 0 aromatic heterocycles. The molecule has 1 amide bonds. The summed E-state index contributed by atoms with van der Waals surface area (Å²) in [6.45, 7) is 8.52. The van der Waals surface area contributed by atoms with Crippen LogP contribution in [0.25, 0.3) is 0 Å². The minimum absolute atomic E-state index is 0.369. The van der Waals surface area contributed by atoms with Gasteiger partial charge in [0.1, 0.15) is 0 Å². The first-order chi connectivity index (χ1) is 10.8. The second-order valence-corrected chi connectivity index (χ2v) is 6.30. The Kier molecular flexibility index (Phi) is 16.0. The van der Waals surface area contributed by atoms with Crippen LogP contribution in [-0.2, 0) is 4.79 Å². The number of amides is 1. The number of hydrogen-bond acceptors (Lipinski definition) is 1. The molecule has 0 aliphatic rings. The van der Waals surface area contributed by atoms with E-state index in [0.717, 1.165) is 51.6 Å². The summed E-state index contributed by atoms with van der Waals surface area (Å²) in [5, 5.41) is 0. The highest BCUT2D eigenvalue weighted by Crippen LogP contribution is 2.08. The Balaban J connectivity index is 3.74. The van der Waals surface area contributed by atoms with Gasteiger partial charge in [0.2, 0.25) is 5.91 Å². The summed E-state index contributed by atoms with van der Waals surface area (Å²) < 4.78 is 0. The first kappa shape index (κ1) is 21.2. The number of unbranched alkanes of at least 4 members (excludes halogenated alkanes) is 7. The summed E-state index contributed by atoms with van der Waals surface area (Å²) in [5.74, 6) is 0.369. The topological polar surface area (TPSA) is 20.3 Å². The van der Waals surface area contributed by atoms with Crippen molar-refractivity contribution < 1.29 is 4.79 Å². The number of nitrogens with zero attached hydrogens (tertiary/aromatic N) is 1. The Morgan fingerprint density at radius 1 is 0.727 bits per heavy atom. The average Bonchev–Trinajstić information content (AvgIpc) is 2.53. The van der Waals surface area contributed by atoms with Crippen LogP contribution in [0, 0.1) is 0 Å². The molecular formula is C20H39NO. The SMILES string of the molecule is CCCCC/C=C/CCCCC(=O)N(CCCC)CCCC. The molecular weight excluding hydrogens is 270 g/mol. The minimum Gasteiger partial charge on any atom is -0.343 e. The second-order valence-electron chi connectivity index (χ2n) is 6.30. The second kappa shape index (κ2) is 16.6. The third-order valence-corrected chi connectivity index (χ3v) is 4.07. The van der Waals surface area contributed by atoms with Crippen molar-refractivity contribution in [1.29, 1.82) is 0 Å². The van der Waals surface area contributed by atoms with Gasteiger partial charge >= 0.3 is 0 Å². The highest BCUT2D eigenvalue weighted by atomic mass is 16.2. The van der Waals surface area contributed by atoms with Gasteiger partial charge in [-0.3, -0.25) is 4.79 Å². The molecule has 2 heteroatoms. The van der Waals surface area contributed by atoms with Crippen LogP contribution < -0.4 is 0 Å². The van der Waals surface area contributed by atoms with Crippen LogP contribution in [0.3, 0.4) is 0 Å². The van der Waals surface area contributed by atoms with Gasteiger partial charge in [0.25, 0.3) is 0 Å².